The molecule has 0 aliphatic heterocycles. The van der Waals surface area contributed by atoms with Gasteiger partial charge in [-0.2, -0.15) is 0 Å². The molecule has 2 amide bonds. The van der Waals surface area contributed by atoms with Crippen molar-refractivity contribution >= 4 is 23.2 Å². The number of nitrogens with one attached hydrogen (secondary N) is 2. The monoisotopic (exact) mass is 334 g/mol. The van der Waals surface area contributed by atoms with Gasteiger partial charge < -0.3 is 10.6 Å². The van der Waals surface area contributed by atoms with Gasteiger partial charge in [0.05, 0.1) is 17.0 Å². The number of amides is 2. The van der Waals surface area contributed by atoms with Crippen LogP contribution in [0.5, 0.6) is 0 Å². The number of carbonyl (C=O) groups is 2. The van der Waals surface area contributed by atoms with Gasteiger partial charge in [-0.25, -0.2) is 4.68 Å². The summed E-state index contributed by atoms with van der Waals surface area (Å²) in [6.45, 7) is 2.15. The van der Waals surface area contributed by atoms with Crippen molar-refractivity contribution in [2.45, 2.75) is 38.3 Å². The summed E-state index contributed by atoms with van der Waals surface area (Å²) >= 11 is 1.37. The van der Waals surface area contributed by atoms with Gasteiger partial charge in [-0.15, -0.1) is 16.4 Å². The van der Waals surface area contributed by atoms with Gasteiger partial charge >= 0.3 is 0 Å². The number of hydrogen-bond donors (Lipinski definition) is 2. The molecule has 2 heterocycles. The first kappa shape index (κ1) is 15.6. The molecule has 2 N–H and O–H groups in total. The molecule has 0 radical (unpaired) electrons. The molecule has 1 saturated carbocycles. The number of carbonyl (C=O) groups excluding carboxylic acids is 2. The number of nitrogens with zero attached hydrogens (tertiary/aromatic N) is 4. The summed E-state index contributed by atoms with van der Waals surface area (Å²) in [5.41, 5.74) is 0. The number of hydrogen-bond acceptors (Lipinski definition) is 6. The average Bonchev–Trinajstić information content (AvgIpc) is 3.05. The SMILES string of the molecule is C[C@@H](NC(=O)CCNC(=O)c1cccs1)c1nnnn1C1CC1. The molecular weight excluding hydrogens is 316 g/mol. The highest BCUT2D eigenvalue weighted by molar-refractivity contribution is 7.12. The van der Waals surface area contributed by atoms with Gasteiger partial charge in [0.1, 0.15) is 0 Å². The Kier molecular flexibility index (Phi) is 4.65. The van der Waals surface area contributed by atoms with Crippen LogP contribution in [-0.2, 0) is 4.79 Å². The topological polar surface area (TPSA) is 102 Å². The van der Waals surface area contributed by atoms with E-state index in [0.717, 1.165) is 12.8 Å². The van der Waals surface area contributed by atoms with Crippen molar-refractivity contribution in [1.82, 2.24) is 30.8 Å². The van der Waals surface area contributed by atoms with Crippen LogP contribution >= 0.6 is 11.3 Å². The van der Waals surface area contributed by atoms with E-state index in [9.17, 15) is 9.59 Å². The fraction of sp³-hybridized carbons (Fsp3) is 0.500. The zero-order valence-corrected chi connectivity index (χ0v) is 13.5. The number of tetrazole rings is 1. The van der Waals surface area contributed by atoms with Crippen molar-refractivity contribution in [3.8, 4) is 0 Å². The third kappa shape index (κ3) is 3.92. The molecule has 0 unspecified atom stereocenters. The Hall–Kier alpha value is -2.29. The van der Waals surface area contributed by atoms with Crippen LogP contribution in [0.25, 0.3) is 0 Å². The van der Waals surface area contributed by atoms with E-state index in [1.807, 2.05) is 18.4 Å². The normalized spacial score (nSPS) is 15.2. The summed E-state index contributed by atoms with van der Waals surface area (Å²) in [5.74, 6) is 0.372. The summed E-state index contributed by atoms with van der Waals surface area (Å²) in [5, 5.41) is 19.1. The molecule has 122 valence electrons. The molecule has 0 spiro atoms. The lowest BCUT2D eigenvalue weighted by atomic mass is 10.3. The van der Waals surface area contributed by atoms with Gasteiger partial charge in [0.25, 0.3) is 5.91 Å². The van der Waals surface area contributed by atoms with E-state index < -0.39 is 0 Å². The molecule has 2 aromatic rings. The zero-order chi connectivity index (χ0) is 16.2. The van der Waals surface area contributed by atoms with Crippen LogP contribution < -0.4 is 10.6 Å². The van der Waals surface area contributed by atoms with Crippen LogP contribution in [-0.4, -0.2) is 38.6 Å². The Labute approximate surface area is 137 Å². The fourth-order valence-corrected chi connectivity index (χ4v) is 2.87. The maximum Gasteiger partial charge on any atom is 0.261 e. The molecule has 9 heteroatoms. The van der Waals surface area contributed by atoms with Crippen molar-refractivity contribution < 1.29 is 9.59 Å². The minimum absolute atomic E-state index is 0.144. The van der Waals surface area contributed by atoms with Gasteiger partial charge in [0.15, 0.2) is 5.82 Å². The highest BCUT2D eigenvalue weighted by Gasteiger charge is 2.29. The van der Waals surface area contributed by atoms with Crippen molar-refractivity contribution in [2.75, 3.05) is 6.54 Å². The lowest BCUT2D eigenvalue weighted by Gasteiger charge is -2.13. The second kappa shape index (κ2) is 6.86. The maximum absolute atomic E-state index is 12.0. The van der Waals surface area contributed by atoms with Crippen molar-refractivity contribution in [3.05, 3.63) is 28.2 Å². The molecule has 0 bridgehead atoms. The van der Waals surface area contributed by atoms with Crippen LogP contribution in [0.15, 0.2) is 17.5 Å². The quantitative estimate of drug-likeness (QED) is 0.788. The molecule has 1 fully saturated rings. The predicted molar refractivity (Wildman–Crippen MR) is 83.9 cm³/mol. The Morgan fingerprint density at radius 2 is 2.30 bits per heavy atom. The summed E-state index contributed by atoms with van der Waals surface area (Å²) in [6, 6.07) is 3.67. The van der Waals surface area contributed by atoms with Crippen molar-refractivity contribution in [2.24, 2.45) is 0 Å². The average molecular weight is 334 g/mol. The molecule has 3 rings (SSSR count). The van der Waals surface area contributed by atoms with Crippen molar-refractivity contribution in [3.63, 3.8) is 0 Å². The van der Waals surface area contributed by atoms with Crippen molar-refractivity contribution in [1.29, 1.82) is 0 Å². The van der Waals surface area contributed by atoms with Crippen LogP contribution in [0.4, 0.5) is 0 Å². The van der Waals surface area contributed by atoms with E-state index in [1.165, 1.54) is 11.3 Å². The van der Waals surface area contributed by atoms with Crippen LogP contribution in [0.1, 0.15) is 53.8 Å². The summed E-state index contributed by atoms with van der Waals surface area (Å²) in [4.78, 5) is 24.4. The first-order valence-electron chi connectivity index (χ1n) is 7.54. The van der Waals surface area contributed by atoms with Gasteiger partial charge in [-0.05, 0) is 41.6 Å². The van der Waals surface area contributed by atoms with Gasteiger partial charge in [0, 0.05) is 13.0 Å². The van der Waals surface area contributed by atoms with Crippen LogP contribution in [0.3, 0.4) is 0 Å². The first-order chi connectivity index (χ1) is 11.1. The third-order valence-electron chi connectivity index (χ3n) is 3.56. The number of rotatable bonds is 7. The molecule has 2 aromatic heterocycles. The molecule has 8 nitrogen and oxygen atoms in total. The second-order valence-electron chi connectivity index (χ2n) is 5.49. The standard InChI is InChI=1S/C14H18N6O2S/c1-9(13-17-18-19-20(13)10-4-5-10)16-12(21)6-7-15-14(22)11-3-2-8-23-11/h2-3,8-10H,4-7H2,1H3,(H,15,22)(H,16,21)/t9-/m1/s1. The highest BCUT2D eigenvalue weighted by Crippen LogP contribution is 2.35. The molecule has 1 atom stereocenters. The molecule has 0 aromatic carbocycles. The van der Waals surface area contributed by atoms with E-state index in [0.29, 0.717) is 23.3 Å². The smallest absolute Gasteiger partial charge is 0.261 e. The predicted octanol–water partition coefficient (Wildman–Crippen LogP) is 1.07. The van der Waals surface area contributed by atoms with Gasteiger partial charge in [-0.1, -0.05) is 6.07 Å². The maximum atomic E-state index is 12.0. The van der Waals surface area contributed by atoms with E-state index in [2.05, 4.69) is 26.2 Å². The number of aromatic nitrogens is 4. The minimum atomic E-state index is -0.258. The molecule has 1 aliphatic carbocycles. The third-order valence-corrected chi connectivity index (χ3v) is 4.43. The van der Waals surface area contributed by atoms with Gasteiger partial charge in [-0.3, -0.25) is 9.59 Å². The van der Waals surface area contributed by atoms with Crippen LogP contribution in [0.2, 0.25) is 0 Å². The first-order valence-corrected chi connectivity index (χ1v) is 8.42. The highest BCUT2D eigenvalue weighted by atomic mass is 32.1. The zero-order valence-electron chi connectivity index (χ0n) is 12.7. The van der Waals surface area contributed by atoms with Gasteiger partial charge in [0.2, 0.25) is 5.91 Å². The van der Waals surface area contributed by atoms with E-state index in [1.54, 1.807) is 10.7 Å². The summed E-state index contributed by atoms with van der Waals surface area (Å²) in [7, 11) is 0. The molecular formula is C14H18N6O2S. The summed E-state index contributed by atoms with van der Waals surface area (Å²) < 4.78 is 1.78. The molecule has 23 heavy (non-hydrogen) atoms. The second-order valence-corrected chi connectivity index (χ2v) is 6.43. The number of thiophene rings is 1. The Morgan fingerprint density at radius 3 is 3.00 bits per heavy atom. The summed E-state index contributed by atoms with van der Waals surface area (Å²) in [6.07, 6.45) is 2.37. The largest absolute Gasteiger partial charge is 0.351 e. The van der Waals surface area contributed by atoms with E-state index in [4.69, 9.17) is 0 Å². The minimum Gasteiger partial charge on any atom is -0.351 e. The van der Waals surface area contributed by atoms with E-state index in [-0.39, 0.29) is 24.3 Å². The fourth-order valence-electron chi connectivity index (χ4n) is 2.23. The van der Waals surface area contributed by atoms with E-state index >= 15 is 0 Å². The Bertz CT molecular complexity index is 679. The van der Waals surface area contributed by atoms with Crippen LogP contribution in [0, 0.1) is 0 Å². The molecule has 0 saturated heterocycles. The lowest BCUT2D eigenvalue weighted by molar-refractivity contribution is -0.121. The molecule has 1 aliphatic rings. The Morgan fingerprint density at radius 1 is 1.48 bits per heavy atom. The lowest BCUT2D eigenvalue weighted by Crippen LogP contribution is -2.32. The Balaban J connectivity index is 1.43.